The molecule has 28 heavy (non-hydrogen) atoms. The van der Waals surface area contributed by atoms with Gasteiger partial charge in [-0.1, -0.05) is 32.4 Å². The Morgan fingerprint density at radius 3 is 2.57 bits per heavy atom. The normalized spacial score (nSPS) is 15.5. The van der Waals surface area contributed by atoms with Gasteiger partial charge < -0.3 is 14.4 Å². The van der Waals surface area contributed by atoms with Crippen LogP contribution in [0.4, 0.5) is 0 Å². The van der Waals surface area contributed by atoms with E-state index >= 15 is 0 Å². The van der Waals surface area contributed by atoms with Crippen molar-refractivity contribution in [2.24, 2.45) is 5.92 Å². The van der Waals surface area contributed by atoms with E-state index in [1.807, 2.05) is 11.0 Å². The van der Waals surface area contributed by atoms with Crippen LogP contribution in [-0.2, 0) is 17.8 Å². The summed E-state index contributed by atoms with van der Waals surface area (Å²) in [6.07, 6.45) is 0.661. The zero-order chi connectivity index (χ0) is 20.3. The van der Waals surface area contributed by atoms with Crippen molar-refractivity contribution in [2.45, 2.75) is 40.2 Å². The molecule has 152 valence electrons. The molecule has 6 nitrogen and oxygen atoms in total. The summed E-state index contributed by atoms with van der Waals surface area (Å²) in [5.41, 5.74) is 1.82. The van der Waals surface area contributed by atoms with Gasteiger partial charge in [0.1, 0.15) is 5.69 Å². The van der Waals surface area contributed by atoms with E-state index < -0.39 is 0 Å². The molecule has 1 amide bonds. The Labute approximate surface area is 171 Å². The number of fused-ring (bicyclic) bond motifs is 1. The van der Waals surface area contributed by atoms with Crippen LogP contribution in [0.25, 0.3) is 11.0 Å². The number of likely N-dealkylation sites (N-methyl/N-ethyl adjacent to an activating group) is 1. The summed E-state index contributed by atoms with van der Waals surface area (Å²) in [7, 11) is 0. The molecule has 0 aliphatic carbocycles. The third-order valence-electron chi connectivity index (χ3n) is 5.27. The highest BCUT2D eigenvalue weighted by atomic mass is 35.5. The molecule has 1 aromatic heterocycles. The van der Waals surface area contributed by atoms with E-state index in [1.165, 1.54) is 0 Å². The van der Waals surface area contributed by atoms with Crippen LogP contribution in [0.5, 0.6) is 0 Å². The van der Waals surface area contributed by atoms with Gasteiger partial charge >= 0.3 is 0 Å². The fraction of sp³-hybridized carbons (Fsp3) is 0.571. The fourth-order valence-electron chi connectivity index (χ4n) is 3.68. The molecule has 0 N–H and O–H groups in total. The Kier molecular flexibility index (Phi) is 6.73. The van der Waals surface area contributed by atoms with Gasteiger partial charge in [-0.3, -0.25) is 9.59 Å². The molecule has 7 heteroatoms. The largest absolute Gasteiger partial charge is 0.340 e. The molecule has 2 aromatic rings. The number of halogens is 1. The number of rotatable bonds is 6. The summed E-state index contributed by atoms with van der Waals surface area (Å²) in [5, 5.41) is 0.588. The quantitative estimate of drug-likeness (QED) is 0.742. The van der Waals surface area contributed by atoms with Crippen LogP contribution in [0.15, 0.2) is 23.0 Å². The summed E-state index contributed by atoms with van der Waals surface area (Å²) < 4.78 is 1.77. The summed E-state index contributed by atoms with van der Waals surface area (Å²) in [6, 6.07) is 5.40. The van der Waals surface area contributed by atoms with E-state index in [0.29, 0.717) is 41.5 Å². The van der Waals surface area contributed by atoms with Crippen LogP contribution < -0.4 is 5.56 Å². The highest BCUT2D eigenvalue weighted by Crippen LogP contribution is 2.18. The van der Waals surface area contributed by atoms with Crippen molar-refractivity contribution in [3.05, 3.63) is 39.3 Å². The van der Waals surface area contributed by atoms with Crippen molar-refractivity contribution < 1.29 is 4.79 Å². The number of aryl methyl sites for hydroxylation is 1. The zero-order valence-corrected chi connectivity index (χ0v) is 17.7. The number of piperazine rings is 1. The van der Waals surface area contributed by atoms with Gasteiger partial charge in [-0.2, -0.15) is 0 Å². The number of amides is 1. The lowest BCUT2D eigenvalue weighted by Crippen LogP contribution is -2.48. The molecule has 1 saturated heterocycles. The number of hydrogen-bond donors (Lipinski definition) is 0. The van der Waals surface area contributed by atoms with Crippen LogP contribution in [0.3, 0.4) is 0 Å². The van der Waals surface area contributed by atoms with Crippen LogP contribution >= 0.6 is 11.6 Å². The van der Waals surface area contributed by atoms with Gasteiger partial charge in [0, 0.05) is 50.6 Å². The first-order chi connectivity index (χ1) is 13.4. The molecule has 0 spiro atoms. The van der Waals surface area contributed by atoms with E-state index in [2.05, 4.69) is 30.7 Å². The first kappa shape index (κ1) is 20.8. The Balaban J connectivity index is 1.80. The minimum Gasteiger partial charge on any atom is -0.340 e. The second-order valence-electron chi connectivity index (χ2n) is 7.82. The Morgan fingerprint density at radius 2 is 1.93 bits per heavy atom. The van der Waals surface area contributed by atoms with Gasteiger partial charge in [0.15, 0.2) is 0 Å². The van der Waals surface area contributed by atoms with E-state index in [4.69, 9.17) is 11.6 Å². The van der Waals surface area contributed by atoms with Gasteiger partial charge in [-0.25, -0.2) is 4.98 Å². The van der Waals surface area contributed by atoms with Crippen LogP contribution in [0.1, 0.15) is 32.9 Å². The predicted molar refractivity (Wildman–Crippen MR) is 113 cm³/mol. The third-order valence-corrected chi connectivity index (χ3v) is 5.51. The summed E-state index contributed by atoms with van der Waals surface area (Å²) in [4.78, 5) is 34.4. The highest BCUT2D eigenvalue weighted by molar-refractivity contribution is 6.31. The van der Waals surface area contributed by atoms with Crippen molar-refractivity contribution in [3.63, 3.8) is 0 Å². The maximum Gasteiger partial charge on any atom is 0.272 e. The molecule has 1 aromatic carbocycles. The molecule has 2 heterocycles. The molecule has 3 rings (SSSR count). The van der Waals surface area contributed by atoms with Gasteiger partial charge in [0.05, 0.1) is 11.0 Å². The molecule has 1 fully saturated rings. The molecule has 0 unspecified atom stereocenters. The zero-order valence-electron chi connectivity index (χ0n) is 16.9. The van der Waals surface area contributed by atoms with Crippen molar-refractivity contribution in [1.29, 1.82) is 0 Å². The second kappa shape index (κ2) is 9.05. The lowest BCUT2D eigenvalue weighted by Gasteiger charge is -2.34. The van der Waals surface area contributed by atoms with Crippen LogP contribution in [0.2, 0.25) is 5.02 Å². The Hall–Kier alpha value is -1.92. The third kappa shape index (κ3) is 4.73. The number of carbonyl (C=O) groups excluding carboxylic acids is 1. The number of benzene rings is 1. The van der Waals surface area contributed by atoms with Crippen LogP contribution in [-0.4, -0.2) is 58.0 Å². The maximum atomic E-state index is 13.0. The topological polar surface area (TPSA) is 58.4 Å². The maximum absolute atomic E-state index is 13.0. The van der Waals surface area contributed by atoms with E-state index in [9.17, 15) is 9.59 Å². The lowest BCUT2D eigenvalue weighted by molar-refractivity contribution is -0.132. The predicted octanol–water partition coefficient (Wildman–Crippen LogP) is 2.80. The van der Waals surface area contributed by atoms with Crippen LogP contribution in [0, 0.1) is 5.92 Å². The van der Waals surface area contributed by atoms with Gasteiger partial charge in [-0.05, 0) is 30.7 Å². The molecule has 1 aliphatic rings. The number of aromatic nitrogens is 2. The summed E-state index contributed by atoms with van der Waals surface area (Å²) in [6.45, 7) is 11.3. The lowest BCUT2D eigenvalue weighted by atomic mass is 10.1. The molecule has 0 saturated carbocycles. The number of hydrogen-bond acceptors (Lipinski definition) is 4. The van der Waals surface area contributed by atoms with Crippen molar-refractivity contribution in [1.82, 2.24) is 19.4 Å². The van der Waals surface area contributed by atoms with Gasteiger partial charge in [0.25, 0.3) is 5.56 Å². The first-order valence-electron chi connectivity index (χ1n) is 10.1. The highest BCUT2D eigenvalue weighted by Gasteiger charge is 2.21. The standard InChI is InChI=1S/C21H29ClN4O2/c1-4-24-9-11-25(12-10-24)20(27)8-6-17-21(28)26(14-15(2)3)19-7-5-16(22)13-18(19)23-17/h5,7,13,15H,4,6,8-12,14H2,1-3H3. The molecule has 0 bridgehead atoms. The van der Waals surface area contributed by atoms with Crippen molar-refractivity contribution in [3.8, 4) is 0 Å². The molecule has 1 aliphatic heterocycles. The molecule has 0 atom stereocenters. The smallest absolute Gasteiger partial charge is 0.272 e. The van der Waals surface area contributed by atoms with Gasteiger partial charge in [0.2, 0.25) is 5.91 Å². The Bertz CT molecular complexity index is 901. The van der Waals surface area contributed by atoms with E-state index in [0.717, 1.165) is 38.2 Å². The molecular weight excluding hydrogens is 376 g/mol. The number of carbonyl (C=O) groups is 1. The monoisotopic (exact) mass is 404 g/mol. The second-order valence-corrected chi connectivity index (χ2v) is 8.25. The Morgan fingerprint density at radius 1 is 1.21 bits per heavy atom. The fourth-order valence-corrected chi connectivity index (χ4v) is 3.85. The number of nitrogens with zero attached hydrogens (tertiary/aromatic N) is 4. The minimum atomic E-state index is -0.105. The average molecular weight is 405 g/mol. The van der Waals surface area contributed by atoms with E-state index in [1.54, 1.807) is 16.7 Å². The van der Waals surface area contributed by atoms with E-state index in [-0.39, 0.29) is 11.5 Å². The molecular formula is C21H29ClN4O2. The first-order valence-corrected chi connectivity index (χ1v) is 10.5. The van der Waals surface area contributed by atoms with Gasteiger partial charge in [-0.15, -0.1) is 0 Å². The summed E-state index contributed by atoms with van der Waals surface area (Å²) >= 11 is 6.13. The van der Waals surface area contributed by atoms with Crippen molar-refractivity contribution in [2.75, 3.05) is 32.7 Å². The molecule has 0 radical (unpaired) electrons. The summed E-state index contributed by atoms with van der Waals surface area (Å²) in [5.74, 6) is 0.418. The SMILES string of the molecule is CCN1CCN(C(=O)CCc2nc3cc(Cl)ccc3n(CC(C)C)c2=O)CC1. The minimum absolute atomic E-state index is 0.0959. The average Bonchev–Trinajstić information content (AvgIpc) is 2.68. The van der Waals surface area contributed by atoms with Crippen molar-refractivity contribution >= 4 is 28.5 Å².